The predicted molar refractivity (Wildman–Crippen MR) is 101 cm³/mol. The van der Waals surface area contributed by atoms with Crippen molar-refractivity contribution in [3.63, 3.8) is 0 Å². The Bertz CT molecular complexity index is 1090. The molecular weight excluding hydrogens is 401 g/mol. The molecule has 7 nitrogen and oxygen atoms in total. The van der Waals surface area contributed by atoms with Gasteiger partial charge in [0.1, 0.15) is 34.6 Å². The summed E-state index contributed by atoms with van der Waals surface area (Å²) < 4.78 is 45.8. The van der Waals surface area contributed by atoms with E-state index in [9.17, 15) is 23.1 Å². The normalized spacial score (nSPS) is 15.2. The number of aromatic nitrogens is 3. The number of amides is 1. The zero-order chi connectivity index (χ0) is 21.5. The van der Waals surface area contributed by atoms with Crippen LogP contribution in [0.1, 0.15) is 47.7 Å². The summed E-state index contributed by atoms with van der Waals surface area (Å²) in [5, 5.41) is 12.9. The summed E-state index contributed by atoms with van der Waals surface area (Å²) in [6.45, 7) is 2.07. The summed E-state index contributed by atoms with van der Waals surface area (Å²) in [5.41, 5.74) is -0.239. The maximum Gasteiger partial charge on any atom is 0.433 e. The van der Waals surface area contributed by atoms with Gasteiger partial charge >= 0.3 is 6.18 Å². The van der Waals surface area contributed by atoms with Crippen LogP contribution in [-0.2, 0) is 6.18 Å². The highest BCUT2D eigenvalue weighted by atomic mass is 19.4. The molecule has 0 bridgehead atoms. The molecule has 1 unspecified atom stereocenters. The molecule has 1 aliphatic carbocycles. The highest BCUT2D eigenvalue weighted by Gasteiger charge is 2.33. The van der Waals surface area contributed by atoms with Gasteiger partial charge in [-0.2, -0.15) is 13.2 Å². The number of halogens is 3. The third-order valence-corrected chi connectivity index (χ3v) is 4.77. The van der Waals surface area contributed by atoms with Gasteiger partial charge in [0, 0.05) is 18.5 Å². The number of anilines is 1. The van der Waals surface area contributed by atoms with E-state index in [1.54, 1.807) is 29.8 Å². The molecule has 3 heterocycles. The van der Waals surface area contributed by atoms with Gasteiger partial charge in [-0.05, 0) is 37.8 Å². The van der Waals surface area contributed by atoms with Gasteiger partial charge in [0.25, 0.3) is 5.91 Å². The number of ether oxygens (including phenoxy) is 1. The van der Waals surface area contributed by atoms with Crippen molar-refractivity contribution >= 4 is 17.2 Å². The van der Waals surface area contributed by atoms with Crippen LogP contribution in [0.3, 0.4) is 0 Å². The Morgan fingerprint density at radius 1 is 1.33 bits per heavy atom. The molecule has 0 aliphatic heterocycles. The molecule has 1 amide bonds. The number of fused-ring (bicyclic) bond motifs is 1. The van der Waals surface area contributed by atoms with E-state index < -0.39 is 23.9 Å². The number of rotatable bonds is 6. The topological polar surface area (TPSA) is 88.8 Å². The molecule has 4 rings (SSSR count). The number of aliphatic hydroxyl groups is 1. The van der Waals surface area contributed by atoms with E-state index in [2.05, 4.69) is 15.3 Å². The Hall–Kier alpha value is -3.14. The van der Waals surface area contributed by atoms with Crippen LogP contribution in [0, 0.1) is 5.92 Å². The molecule has 0 spiro atoms. The number of hydrogen-bond donors (Lipinski definition) is 2. The smallest absolute Gasteiger partial charge is 0.433 e. The number of nitrogens with zero attached hydrogens (tertiary/aromatic N) is 3. The van der Waals surface area contributed by atoms with Crippen molar-refractivity contribution in [2.75, 3.05) is 11.9 Å². The van der Waals surface area contributed by atoms with Crippen LogP contribution in [0.15, 0.2) is 36.7 Å². The average molecular weight is 420 g/mol. The van der Waals surface area contributed by atoms with E-state index in [-0.39, 0.29) is 17.3 Å². The predicted octanol–water partition coefficient (Wildman–Crippen LogP) is 3.84. The summed E-state index contributed by atoms with van der Waals surface area (Å²) in [6, 6.07) is 4.72. The number of carbonyl (C=O) groups excluding carboxylic acids is 1. The fourth-order valence-corrected chi connectivity index (χ4v) is 3.11. The Balaban J connectivity index is 1.65. The minimum atomic E-state index is -4.65. The number of hydrogen-bond acceptors (Lipinski definition) is 5. The lowest BCUT2D eigenvalue weighted by Gasteiger charge is -2.12. The van der Waals surface area contributed by atoms with Crippen LogP contribution in [-0.4, -0.2) is 32.0 Å². The first-order valence-electron chi connectivity index (χ1n) is 9.45. The molecule has 0 aromatic carbocycles. The lowest BCUT2D eigenvalue weighted by atomic mass is 10.2. The van der Waals surface area contributed by atoms with E-state index in [4.69, 9.17) is 4.74 Å². The molecule has 2 N–H and O–H groups in total. The molecule has 30 heavy (non-hydrogen) atoms. The van der Waals surface area contributed by atoms with Crippen LogP contribution in [0.25, 0.3) is 5.65 Å². The quantitative estimate of drug-likeness (QED) is 0.633. The molecule has 158 valence electrons. The Morgan fingerprint density at radius 3 is 2.77 bits per heavy atom. The maximum absolute atomic E-state index is 12.9. The molecule has 1 saturated carbocycles. The number of aliphatic hydroxyl groups excluding tert-OH is 1. The number of imidazole rings is 1. The molecule has 1 aliphatic rings. The Kier molecular flexibility index (Phi) is 5.10. The van der Waals surface area contributed by atoms with E-state index in [0.717, 1.165) is 25.0 Å². The number of alkyl halides is 3. The van der Waals surface area contributed by atoms with Gasteiger partial charge in [0.2, 0.25) is 0 Å². The molecular formula is C20H19F3N4O3. The first kappa shape index (κ1) is 20.1. The van der Waals surface area contributed by atoms with Crippen LogP contribution in [0.4, 0.5) is 18.9 Å². The maximum atomic E-state index is 12.9. The van der Waals surface area contributed by atoms with Crippen LogP contribution in [0.2, 0.25) is 0 Å². The molecule has 0 radical (unpaired) electrons. The molecule has 1 atom stereocenters. The summed E-state index contributed by atoms with van der Waals surface area (Å²) in [6.07, 6.45) is -0.211. The largest absolute Gasteiger partial charge is 0.491 e. The molecule has 0 saturated heterocycles. The third kappa shape index (κ3) is 4.09. The van der Waals surface area contributed by atoms with Gasteiger partial charge in [-0.3, -0.25) is 4.79 Å². The lowest BCUT2D eigenvalue weighted by Crippen LogP contribution is -2.17. The van der Waals surface area contributed by atoms with E-state index in [1.165, 1.54) is 6.07 Å². The van der Waals surface area contributed by atoms with Crippen molar-refractivity contribution in [2.24, 2.45) is 5.92 Å². The lowest BCUT2D eigenvalue weighted by molar-refractivity contribution is -0.141. The summed E-state index contributed by atoms with van der Waals surface area (Å²) in [4.78, 5) is 20.4. The van der Waals surface area contributed by atoms with E-state index >= 15 is 0 Å². The van der Waals surface area contributed by atoms with E-state index in [1.807, 2.05) is 0 Å². The summed E-state index contributed by atoms with van der Waals surface area (Å²) in [7, 11) is 0. The average Bonchev–Trinajstić information content (AvgIpc) is 3.47. The van der Waals surface area contributed by atoms with Gasteiger partial charge in [-0.25, -0.2) is 9.97 Å². The van der Waals surface area contributed by atoms with Gasteiger partial charge in [-0.1, -0.05) is 6.07 Å². The third-order valence-electron chi connectivity index (χ3n) is 4.77. The van der Waals surface area contributed by atoms with Crippen molar-refractivity contribution in [1.29, 1.82) is 0 Å². The Morgan fingerprint density at radius 2 is 2.10 bits per heavy atom. The molecule has 10 heteroatoms. The minimum absolute atomic E-state index is 0.201. The standard InChI is InChI=1S/C20H19F3N4O3/c1-2-30-15-8-17-25-14(18(28)11-6-7-11)10-27(17)9-13(15)26-19(29)12-4-3-5-16(24-12)20(21,22)23/h3-5,8-11,18,28H,2,6-7H2,1H3,(H,26,29). The van der Waals surface area contributed by atoms with Gasteiger partial charge in [0.15, 0.2) is 0 Å². The SMILES string of the molecule is CCOc1cc2nc(C(O)C3CC3)cn2cc1NC(=O)c1cccc(C(F)(F)F)n1. The van der Waals surface area contributed by atoms with Crippen molar-refractivity contribution < 1.29 is 27.8 Å². The number of nitrogens with one attached hydrogen (secondary N) is 1. The fraction of sp³-hybridized carbons (Fsp3) is 0.350. The van der Waals surface area contributed by atoms with Crippen molar-refractivity contribution in [2.45, 2.75) is 32.0 Å². The Labute approximate surface area is 169 Å². The first-order valence-corrected chi connectivity index (χ1v) is 9.45. The monoisotopic (exact) mass is 420 g/mol. The van der Waals surface area contributed by atoms with Crippen molar-refractivity contribution in [3.8, 4) is 5.75 Å². The highest BCUT2D eigenvalue weighted by Crippen LogP contribution is 2.40. The zero-order valence-corrected chi connectivity index (χ0v) is 16.0. The van der Waals surface area contributed by atoms with Crippen LogP contribution >= 0.6 is 0 Å². The molecule has 3 aromatic rings. The van der Waals surface area contributed by atoms with Gasteiger partial charge in [0.05, 0.1) is 12.3 Å². The highest BCUT2D eigenvalue weighted by molar-refractivity contribution is 6.03. The van der Waals surface area contributed by atoms with Gasteiger partial charge < -0.3 is 19.6 Å². The first-order chi connectivity index (χ1) is 14.3. The summed E-state index contributed by atoms with van der Waals surface area (Å²) in [5.74, 6) is -0.296. The number of pyridine rings is 2. The zero-order valence-electron chi connectivity index (χ0n) is 16.0. The number of carbonyl (C=O) groups is 1. The second-order valence-electron chi connectivity index (χ2n) is 7.06. The summed E-state index contributed by atoms with van der Waals surface area (Å²) >= 11 is 0. The van der Waals surface area contributed by atoms with Crippen LogP contribution < -0.4 is 10.1 Å². The minimum Gasteiger partial charge on any atom is -0.491 e. The fourth-order valence-electron chi connectivity index (χ4n) is 3.11. The molecule has 1 fully saturated rings. The van der Waals surface area contributed by atoms with Gasteiger partial charge in [-0.15, -0.1) is 0 Å². The molecule has 3 aromatic heterocycles. The van der Waals surface area contributed by atoms with Crippen LogP contribution in [0.5, 0.6) is 5.75 Å². The van der Waals surface area contributed by atoms with Crippen molar-refractivity contribution in [1.82, 2.24) is 14.4 Å². The second-order valence-corrected chi connectivity index (χ2v) is 7.06. The second kappa shape index (κ2) is 7.60. The van der Waals surface area contributed by atoms with Crippen molar-refractivity contribution in [3.05, 3.63) is 53.7 Å². The van der Waals surface area contributed by atoms with E-state index in [0.29, 0.717) is 23.7 Å².